The first-order valence-electron chi connectivity index (χ1n) is 10.6. The number of nitro groups is 1. The van der Waals surface area contributed by atoms with Crippen LogP contribution >= 0.6 is 0 Å². The summed E-state index contributed by atoms with van der Waals surface area (Å²) in [5.74, 6) is -0.609. The van der Waals surface area contributed by atoms with Gasteiger partial charge in [0, 0.05) is 25.2 Å². The summed E-state index contributed by atoms with van der Waals surface area (Å²) in [6, 6.07) is 21.4. The van der Waals surface area contributed by atoms with E-state index >= 15 is 0 Å². The SMILES string of the molecule is CC(C)(Oc1ccc(CN(Cc2ccc([N+](=O)[O-])cc2)c2nc3ccccc3o2)cc1)C(=O)O. The normalized spacial score (nSPS) is 11.4. The van der Waals surface area contributed by atoms with Crippen molar-refractivity contribution in [2.75, 3.05) is 4.90 Å². The van der Waals surface area contributed by atoms with Gasteiger partial charge in [0.1, 0.15) is 11.3 Å². The maximum absolute atomic E-state index is 11.3. The van der Waals surface area contributed by atoms with Gasteiger partial charge in [-0.15, -0.1) is 0 Å². The van der Waals surface area contributed by atoms with Crippen LogP contribution in [0.2, 0.25) is 0 Å². The molecule has 0 atom stereocenters. The van der Waals surface area contributed by atoms with E-state index in [0.717, 1.165) is 16.6 Å². The minimum absolute atomic E-state index is 0.0250. The van der Waals surface area contributed by atoms with Crippen molar-refractivity contribution >= 4 is 28.8 Å². The van der Waals surface area contributed by atoms with Crippen molar-refractivity contribution in [3.8, 4) is 5.75 Å². The fourth-order valence-electron chi connectivity index (χ4n) is 3.35. The van der Waals surface area contributed by atoms with Crippen molar-refractivity contribution in [3.63, 3.8) is 0 Å². The van der Waals surface area contributed by atoms with E-state index in [-0.39, 0.29) is 5.69 Å². The molecule has 0 saturated heterocycles. The number of benzene rings is 3. The molecule has 0 saturated carbocycles. The van der Waals surface area contributed by atoms with Crippen molar-refractivity contribution in [1.29, 1.82) is 0 Å². The Morgan fingerprint density at radius 2 is 1.62 bits per heavy atom. The second-order valence-corrected chi connectivity index (χ2v) is 8.31. The molecule has 1 N–H and O–H groups in total. The number of carboxylic acid groups (broad SMARTS) is 1. The van der Waals surface area contributed by atoms with E-state index in [9.17, 15) is 20.0 Å². The Labute approximate surface area is 195 Å². The van der Waals surface area contributed by atoms with Gasteiger partial charge in [0.2, 0.25) is 0 Å². The first kappa shape index (κ1) is 22.8. The van der Waals surface area contributed by atoms with E-state index in [1.807, 2.05) is 41.3 Å². The highest BCUT2D eigenvalue weighted by Gasteiger charge is 2.29. The number of hydrogen-bond donors (Lipinski definition) is 1. The first-order valence-corrected chi connectivity index (χ1v) is 10.6. The number of ether oxygens (including phenoxy) is 1. The van der Waals surface area contributed by atoms with Crippen molar-refractivity contribution < 1.29 is 24.0 Å². The summed E-state index contributed by atoms with van der Waals surface area (Å²) in [6.45, 7) is 3.83. The predicted molar refractivity (Wildman–Crippen MR) is 126 cm³/mol. The van der Waals surface area contributed by atoms with Crippen molar-refractivity contribution in [3.05, 3.63) is 94.0 Å². The number of anilines is 1. The third-order valence-electron chi connectivity index (χ3n) is 5.26. The number of non-ortho nitro benzene ring substituents is 1. The zero-order valence-electron chi connectivity index (χ0n) is 18.7. The summed E-state index contributed by atoms with van der Waals surface area (Å²) in [5.41, 5.74) is 1.84. The number of nitro benzene ring substituents is 1. The highest BCUT2D eigenvalue weighted by Crippen LogP contribution is 2.26. The summed E-state index contributed by atoms with van der Waals surface area (Å²) < 4.78 is 11.5. The van der Waals surface area contributed by atoms with Gasteiger partial charge in [-0.1, -0.05) is 36.4 Å². The molecule has 0 amide bonds. The lowest BCUT2D eigenvalue weighted by Crippen LogP contribution is -2.37. The van der Waals surface area contributed by atoms with Crippen LogP contribution in [0.15, 0.2) is 77.2 Å². The lowest BCUT2D eigenvalue weighted by Gasteiger charge is -2.23. The number of aromatic nitrogens is 1. The quantitative estimate of drug-likeness (QED) is 0.267. The van der Waals surface area contributed by atoms with Crippen molar-refractivity contribution in [1.82, 2.24) is 4.98 Å². The van der Waals surface area contributed by atoms with Crippen LogP contribution in [0.1, 0.15) is 25.0 Å². The Morgan fingerprint density at radius 1 is 1.03 bits per heavy atom. The number of para-hydroxylation sites is 2. The largest absolute Gasteiger partial charge is 0.478 e. The highest BCUT2D eigenvalue weighted by molar-refractivity contribution is 5.76. The van der Waals surface area contributed by atoms with Gasteiger partial charge in [-0.2, -0.15) is 4.98 Å². The molecule has 9 nitrogen and oxygen atoms in total. The summed E-state index contributed by atoms with van der Waals surface area (Å²) in [4.78, 5) is 28.4. The minimum atomic E-state index is -1.35. The van der Waals surface area contributed by atoms with Gasteiger partial charge in [0.15, 0.2) is 11.2 Å². The number of carboxylic acids is 1. The lowest BCUT2D eigenvalue weighted by molar-refractivity contribution is -0.384. The fraction of sp³-hybridized carbons (Fsp3) is 0.200. The Hall–Kier alpha value is -4.40. The smallest absolute Gasteiger partial charge is 0.347 e. The number of fused-ring (bicyclic) bond motifs is 1. The molecule has 0 unspecified atom stereocenters. The van der Waals surface area contributed by atoms with Crippen molar-refractivity contribution in [2.45, 2.75) is 32.5 Å². The monoisotopic (exact) mass is 461 g/mol. The van der Waals surface area contributed by atoms with E-state index in [1.54, 1.807) is 24.3 Å². The zero-order chi connectivity index (χ0) is 24.3. The number of oxazole rings is 1. The van der Waals surface area contributed by atoms with Gasteiger partial charge in [-0.3, -0.25) is 10.1 Å². The Morgan fingerprint density at radius 3 is 2.18 bits per heavy atom. The Kier molecular flexibility index (Phi) is 6.18. The van der Waals surface area contributed by atoms with Gasteiger partial charge in [0.05, 0.1) is 4.92 Å². The zero-order valence-corrected chi connectivity index (χ0v) is 18.7. The van der Waals surface area contributed by atoms with E-state index in [2.05, 4.69) is 4.98 Å². The molecule has 1 heterocycles. The standard InChI is InChI=1S/C25H23N3O6/c1-25(2,23(29)30)34-20-13-9-18(10-14-20)16-27(15-17-7-11-19(12-8-17)28(31)32)24-26-21-5-3-4-6-22(21)33-24/h3-14H,15-16H2,1-2H3,(H,29,30). The second-order valence-electron chi connectivity index (χ2n) is 8.31. The molecule has 0 fully saturated rings. The summed E-state index contributed by atoms with van der Waals surface area (Å²) >= 11 is 0. The topological polar surface area (TPSA) is 119 Å². The Balaban J connectivity index is 1.59. The molecule has 4 rings (SSSR count). The number of aliphatic carboxylic acids is 1. The number of rotatable bonds is 9. The van der Waals surface area contributed by atoms with Gasteiger partial charge in [-0.05, 0) is 49.2 Å². The molecular formula is C25H23N3O6. The summed E-state index contributed by atoms with van der Waals surface area (Å²) in [5, 5.41) is 20.2. The minimum Gasteiger partial charge on any atom is -0.478 e. The van der Waals surface area contributed by atoms with Crippen LogP contribution < -0.4 is 9.64 Å². The van der Waals surface area contributed by atoms with Crippen LogP contribution in [0, 0.1) is 10.1 Å². The van der Waals surface area contributed by atoms with E-state index in [4.69, 9.17) is 9.15 Å². The molecule has 4 aromatic rings. The number of nitrogens with zero attached hydrogens (tertiary/aromatic N) is 3. The maximum atomic E-state index is 11.3. The molecule has 0 bridgehead atoms. The predicted octanol–water partition coefficient (Wildman–Crippen LogP) is 5.18. The van der Waals surface area contributed by atoms with Crippen LogP contribution in [0.5, 0.6) is 5.75 Å². The Bertz CT molecular complexity index is 1280. The van der Waals surface area contributed by atoms with Crippen LogP contribution in [-0.4, -0.2) is 26.6 Å². The molecule has 0 aliphatic heterocycles. The van der Waals surface area contributed by atoms with Gasteiger partial charge in [0.25, 0.3) is 11.7 Å². The highest BCUT2D eigenvalue weighted by atomic mass is 16.6. The van der Waals surface area contributed by atoms with Gasteiger partial charge < -0.3 is 19.2 Å². The fourth-order valence-corrected chi connectivity index (χ4v) is 3.35. The molecule has 9 heteroatoms. The molecular weight excluding hydrogens is 438 g/mol. The van der Waals surface area contributed by atoms with Crippen molar-refractivity contribution in [2.24, 2.45) is 0 Å². The maximum Gasteiger partial charge on any atom is 0.347 e. The molecule has 0 radical (unpaired) electrons. The molecule has 1 aromatic heterocycles. The van der Waals surface area contributed by atoms with E-state index in [1.165, 1.54) is 26.0 Å². The molecule has 34 heavy (non-hydrogen) atoms. The average molecular weight is 461 g/mol. The lowest BCUT2D eigenvalue weighted by atomic mass is 10.1. The second kappa shape index (κ2) is 9.22. The average Bonchev–Trinajstić information content (AvgIpc) is 3.24. The molecule has 174 valence electrons. The summed E-state index contributed by atoms with van der Waals surface area (Å²) in [7, 11) is 0. The van der Waals surface area contributed by atoms with Crippen LogP contribution in [0.25, 0.3) is 11.1 Å². The number of carbonyl (C=O) groups is 1. The number of hydrogen-bond acceptors (Lipinski definition) is 7. The molecule has 0 spiro atoms. The third-order valence-corrected chi connectivity index (χ3v) is 5.26. The molecule has 3 aromatic carbocycles. The summed E-state index contributed by atoms with van der Waals surface area (Å²) in [6.07, 6.45) is 0. The van der Waals surface area contributed by atoms with Crippen LogP contribution in [-0.2, 0) is 17.9 Å². The molecule has 0 aliphatic rings. The first-order chi connectivity index (χ1) is 16.2. The molecule has 0 aliphatic carbocycles. The van der Waals surface area contributed by atoms with E-state index < -0.39 is 16.5 Å². The van der Waals surface area contributed by atoms with Crippen LogP contribution in [0.3, 0.4) is 0 Å². The third kappa shape index (κ3) is 5.15. The van der Waals surface area contributed by atoms with E-state index in [0.29, 0.717) is 30.4 Å². The van der Waals surface area contributed by atoms with Gasteiger partial charge in [-0.25, -0.2) is 4.79 Å². The van der Waals surface area contributed by atoms with Gasteiger partial charge >= 0.3 is 5.97 Å². The van der Waals surface area contributed by atoms with Crippen LogP contribution in [0.4, 0.5) is 11.7 Å².